The van der Waals surface area contributed by atoms with Gasteiger partial charge in [0.15, 0.2) is 0 Å². The highest BCUT2D eigenvalue weighted by Crippen LogP contribution is 2.29. The lowest BCUT2D eigenvalue weighted by Gasteiger charge is -2.20. The predicted molar refractivity (Wildman–Crippen MR) is 82.1 cm³/mol. The van der Waals surface area contributed by atoms with Crippen LogP contribution in [0.4, 0.5) is 5.69 Å². The number of anilines is 1. The van der Waals surface area contributed by atoms with Crippen LogP contribution in [0, 0.1) is 6.92 Å². The molecular weight excluding hydrogens is 234 g/mol. The summed E-state index contributed by atoms with van der Waals surface area (Å²) in [6, 6.07) is 7.10. The lowest BCUT2D eigenvalue weighted by Crippen LogP contribution is -2.19. The van der Waals surface area contributed by atoms with Crippen LogP contribution in [0.25, 0.3) is 0 Å². The first-order chi connectivity index (χ1) is 9.29. The van der Waals surface area contributed by atoms with E-state index in [1.807, 2.05) is 0 Å². The molecule has 0 aromatic heterocycles. The monoisotopic (exact) mass is 261 g/mol. The lowest BCUT2D eigenvalue weighted by atomic mass is 10.1. The molecule has 0 amide bonds. The molecule has 1 aromatic carbocycles. The molecule has 0 spiro atoms. The first kappa shape index (κ1) is 14.2. The summed E-state index contributed by atoms with van der Waals surface area (Å²) in [5, 5.41) is 3.70. The second kappa shape index (κ2) is 7.42. The number of benzene rings is 1. The van der Waals surface area contributed by atoms with Crippen molar-refractivity contribution >= 4 is 5.69 Å². The van der Waals surface area contributed by atoms with Gasteiger partial charge in [0.1, 0.15) is 5.75 Å². The minimum Gasteiger partial charge on any atom is -0.491 e. The molecule has 2 heteroatoms. The molecule has 1 saturated carbocycles. The van der Waals surface area contributed by atoms with E-state index in [1.54, 1.807) is 0 Å². The maximum absolute atomic E-state index is 5.88. The van der Waals surface area contributed by atoms with Crippen LogP contribution in [0.2, 0.25) is 0 Å². The molecule has 0 bridgehead atoms. The van der Waals surface area contributed by atoms with Gasteiger partial charge in [0, 0.05) is 6.04 Å². The van der Waals surface area contributed by atoms with E-state index in [-0.39, 0.29) is 0 Å². The van der Waals surface area contributed by atoms with Gasteiger partial charge in [0.2, 0.25) is 0 Å². The van der Waals surface area contributed by atoms with Crippen LogP contribution in [0.1, 0.15) is 57.4 Å². The van der Waals surface area contributed by atoms with E-state index < -0.39 is 0 Å². The summed E-state index contributed by atoms with van der Waals surface area (Å²) < 4.78 is 5.88. The highest BCUT2D eigenvalue weighted by molar-refractivity contribution is 5.58. The van der Waals surface area contributed by atoms with Gasteiger partial charge in [-0.2, -0.15) is 0 Å². The predicted octanol–water partition coefficient (Wildman–Crippen LogP) is 4.92. The van der Waals surface area contributed by atoms with Crippen LogP contribution in [-0.2, 0) is 0 Å². The molecule has 1 N–H and O–H groups in total. The van der Waals surface area contributed by atoms with Crippen molar-refractivity contribution in [3.63, 3.8) is 0 Å². The molecule has 1 aliphatic carbocycles. The Balaban J connectivity index is 2.04. The van der Waals surface area contributed by atoms with E-state index in [4.69, 9.17) is 4.74 Å². The van der Waals surface area contributed by atoms with Gasteiger partial charge in [-0.25, -0.2) is 0 Å². The summed E-state index contributed by atoms with van der Waals surface area (Å²) in [5.41, 5.74) is 2.43. The Kier molecular flexibility index (Phi) is 5.56. The molecule has 106 valence electrons. The molecule has 1 fully saturated rings. The van der Waals surface area contributed by atoms with E-state index >= 15 is 0 Å². The van der Waals surface area contributed by atoms with Crippen molar-refractivity contribution in [1.82, 2.24) is 0 Å². The minimum absolute atomic E-state index is 0.620. The van der Waals surface area contributed by atoms with Crippen molar-refractivity contribution in [2.45, 2.75) is 64.8 Å². The number of nitrogens with one attached hydrogen (secondary N) is 1. The molecule has 2 rings (SSSR count). The van der Waals surface area contributed by atoms with Crippen molar-refractivity contribution < 1.29 is 4.74 Å². The molecule has 0 unspecified atom stereocenters. The highest BCUT2D eigenvalue weighted by Gasteiger charge is 2.14. The van der Waals surface area contributed by atoms with Crippen LogP contribution in [0.15, 0.2) is 18.2 Å². The summed E-state index contributed by atoms with van der Waals surface area (Å²) in [6.07, 6.45) is 9.14. The third kappa shape index (κ3) is 4.45. The largest absolute Gasteiger partial charge is 0.491 e. The molecule has 0 heterocycles. The fraction of sp³-hybridized carbons (Fsp3) is 0.647. The van der Waals surface area contributed by atoms with Gasteiger partial charge in [0.05, 0.1) is 12.3 Å². The topological polar surface area (TPSA) is 21.3 Å². The lowest BCUT2D eigenvalue weighted by molar-refractivity contribution is 0.318. The van der Waals surface area contributed by atoms with Crippen molar-refractivity contribution in [1.29, 1.82) is 0 Å². The Morgan fingerprint density at radius 3 is 2.58 bits per heavy atom. The Morgan fingerprint density at radius 1 is 1.16 bits per heavy atom. The van der Waals surface area contributed by atoms with Crippen LogP contribution in [0.5, 0.6) is 5.75 Å². The minimum atomic E-state index is 0.620. The normalized spacial score (nSPS) is 16.9. The fourth-order valence-electron chi connectivity index (χ4n) is 2.72. The number of hydrogen-bond acceptors (Lipinski definition) is 2. The first-order valence-electron chi connectivity index (χ1n) is 7.79. The van der Waals surface area contributed by atoms with Crippen LogP contribution in [-0.4, -0.2) is 12.6 Å². The summed E-state index contributed by atoms with van der Waals surface area (Å²) >= 11 is 0. The van der Waals surface area contributed by atoms with Crippen LogP contribution >= 0.6 is 0 Å². The Morgan fingerprint density at radius 2 is 1.89 bits per heavy atom. The zero-order valence-corrected chi connectivity index (χ0v) is 12.4. The second-order valence-electron chi connectivity index (χ2n) is 5.68. The van der Waals surface area contributed by atoms with Gasteiger partial charge in [-0.3, -0.25) is 0 Å². The maximum Gasteiger partial charge on any atom is 0.142 e. The quantitative estimate of drug-likeness (QED) is 0.760. The molecular formula is C17H27NO. The molecule has 19 heavy (non-hydrogen) atoms. The van der Waals surface area contributed by atoms with Gasteiger partial charge in [-0.1, -0.05) is 38.7 Å². The van der Waals surface area contributed by atoms with Crippen molar-refractivity contribution in [2.24, 2.45) is 0 Å². The molecule has 0 atom stereocenters. The Bertz CT molecular complexity index is 381. The van der Waals surface area contributed by atoms with E-state index in [0.29, 0.717) is 6.04 Å². The zero-order valence-electron chi connectivity index (χ0n) is 12.4. The third-order valence-corrected chi connectivity index (χ3v) is 3.81. The molecule has 0 radical (unpaired) electrons. The van der Waals surface area contributed by atoms with Gasteiger partial charge < -0.3 is 10.1 Å². The number of aryl methyl sites for hydroxylation is 1. The number of hydrogen-bond donors (Lipinski definition) is 1. The van der Waals surface area contributed by atoms with Gasteiger partial charge in [-0.15, -0.1) is 0 Å². The Hall–Kier alpha value is -1.18. The zero-order chi connectivity index (χ0) is 13.5. The fourth-order valence-corrected chi connectivity index (χ4v) is 2.72. The van der Waals surface area contributed by atoms with Crippen LogP contribution in [0.3, 0.4) is 0 Å². The Labute approximate surface area is 117 Å². The van der Waals surface area contributed by atoms with Gasteiger partial charge in [0.25, 0.3) is 0 Å². The third-order valence-electron chi connectivity index (χ3n) is 3.81. The van der Waals surface area contributed by atoms with E-state index in [0.717, 1.165) is 18.8 Å². The van der Waals surface area contributed by atoms with E-state index in [1.165, 1.54) is 49.8 Å². The van der Waals surface area contributed by atoms with Crippen molar-refractivity contribution in [3.8, 4) is 5.75 Å². The molecule has 2 nitrogen and oxygen atoms in total. The first-order valence-corrected chi connectivity index (χ1v) is 7.79. The van der Waals surface area contributed by atoms with Gasteiger partial charge in [-0.05, 0) is 43.9 Å². The smallest absolute Gasteiger partial charge is 0.142 e. The average Bonchev–Trinajstić information content (AvgIpc) is 2.67. The summed E-state index contributed by atoms with van der Waals surface area (Å²) in [7, 11) is 0. The highest BCUT2D eigenvalue weighted by atomic mass is 16.5. The second-order valence-corrected chi connectivity index (χ2v) is 5.68. The summed E-state index contributed by atoms with van der Waals surface area (Å²) in [5.74, 6) is 1.02. The van der Waals surface area contributed by atoms with Gasteiger partial charge >= 0.3 is 0 Å². The molecule has 1 aliphatic rings. The molecule has 1 aromatic rings. The van der Waals surface area contributed by atoms with Crippen molar-refractivity contribution in [2.75, 3.05) is 11.9 Å². The average molecular weight is 261 g/mol. The molecule has 0 aliphatic heterocycles. The molecule has 0 saturated heterocycles. The summed E-state index contributed by atoms with van der Waals surface area (Å²) in [4.78, 5) is 0. The summed E-state index contributed by atoms with van der Waals surface area (Å²) in [6.45, 7) is 5.06. The number of ether oxygens (including phenoxy) is 1. The SMILES string of the molecule is CCCOc1cc(C)ccc1NC1CCCCCC1. The maximum atomic E-state index is 5.88. The van der Waals surface area contributed by atoms with Crippen LogP contribution < -0.4 is 10.1 Å². The van der Waals surface area contributed by atoms with E-state index in [2.05, 4.69) is 37.4 Å². The van der Waals surface area contributed by atoms with E-state index in [9.17, 15) is 0 Å². The van der Waals surface area contributed by atoms with Crippen molar-refractivity contribution in [3.05, 3.63) is 23.8 Å². The standard InChI is InChI=1S/C17H27NO/c1-3-12-19-17-13-14(2)10-11-16(17)18-15-8-6-4-5-7-9-15/h10-11,13,15,18H,3-9,12H2,1-2H3. The number of rotatable bonds is 5.